The molecule has 0 aromatic heterocycles. The molecule has 26 heavy (non-hydrogen) atoms. The van der Waals surface area contributed by atoms with Crippen LogP contribution in [-0.2, 0) is 0 Å². The van der Waals surface area contributed by atoms with Gasteiger partial charge >= 0.3 is 6.03 Å². The lowest BCUT2D eigenvalue weighted by Crippen LogP contribution is -2.39. The molecule has 2 aliphatic rings. The van der Waals surface area contributed by atoms with E-state index in [9.17, 15) is 9.59 Å². The van der Waals surface area contributed by atoms with Crippen molar-refractivity contribution in [2.75, 3.05) is 32.0 Å². The summed E-state index contributed by atoms with van der Waals surface area (Å²) < 4.78 is 0. The predicted octanol–water partition coefficient (Wildman–Crippen LogP) is 2.85. The lowest BCUT2D eigenvalue weighted by Gasteiger charge is -2.32. The number of piperidine rings is 1. The summed E-state index contributed by atoms with van der Waals surface area (Å²) in [6, 6.07) is 7.33. The van der Waals surface area contributed by atoms with Crippen molar-refractivity contribution in [3.8, 4) is 0 Å². The third kappa shape index (κ3) is 5.88. The van der Waals surface area contributed by atoms with E-state index < -0.39 is 0 Å². The molecule has 6 nitrogen and oxygen atoms in total. The molecule has 1 aliphatic carbocycles. The van der Waals surface area contributed by atoms with Gasteiger partial charge < -0.3 is 20.9 Å². The number of amides is 3. The Labute approximate surface area is 161 Å². The van der Waals surface area contributed by atoms with Gasteiger partial charge in [-0.25, -0.2) is 4.79 Å². The number of likely N-dealkylation sites (tertiary alicyclic amines) is 1. The van der Waals surface area contributed by atoms with Gasteiger partial charge in [-0.05, 0) is 69.8 Å². The molecule has 3 N–H and O–H groups in total. The summed E-state index contributed by atoms with van der Waals surface area (Å²) >= 11 is 0. The van der Waals surface area contributed by atoms with Crippen LogP contribution < -0.4 is 16.0 Å². The zero-order valence-electron chi connectivity index (χ0n) is 15.3. The number of rotatable bonds is 6. The summed E-state index contributed by atoms with van der Waals surface area (Å²) in [5, 5.41) is 8.89. The van der Waals surface area contributed by atoms with Gasteiger partial charge in [-0.15, -0.1) is 12.4 Å². The second-order valence-electron chi connectivity index (χ2n) is 7.08. The molecule has 1 saturated carbocycles. The van der Waals surface area contributed by atoms with Crippen LogP contribution in [0, 0.1) is 5.92 Å². The van der Waals surface area contributed by atoms with Gasteiger partial charge in [0.1, 0.15) is 0 Å². The average molecular weight is 381 g/mol. The van der Waals surface area contributed by atoms with Crippen molar-refractivity contribution in [3.05, 3.63) is 29.8 Å². The van der Waals surface area contributed by atoms with Gasteiger partial charge in [0.2, 0.25) is 0 Å². The first-order valence-electron chi connectivity index (χ1n) is 9.27. The topological polar surface area (TPSA) is 73.5 Å². The first-order valence-corrected chi connectivity index (χ1v) is 9.27. The Morgan fingerprint density at radius 3 is 2.54 bits per heavy atom. The van der Waals surface area contributed by atoms with Gasteiger partial charge in [0.15, 0.2) is 0 Å². The third-order valence-electron chi connectivity index (χ3n) is 4.98. The van der Waals surface area contributed by atoms with Crippen LogP contribution in [0.15, 0.2) is 24.3 Å². The van der Waals surface area contributed by atoms with Crippen LogP contribution in [-0.4, -0.2) is 49.6 Å². The maximum atomic E-state index is 12.7. The van der Waals surface area contributed by atoms with Crippen molar-refractivity contribution in [2.24, 2.45) is 5.92 Å². The Bertz CT molecular complexity index is 613. The van der Waals surface area contributed by atoms with E-state index in [0.717, 1.165) is 45.3 Å². The van der Waals surface area contributed by atoms with E-state index in [1.54, 1.807) is 6.07 Å². The second kappa shape index (κ2) is 9.78. The highest BCUT2D eigenvalue weighted by atomic mass is 35.5. The summed E-state index contributed by atoms with van der Waals surface area (Å²) in [5.41, 5.74) is 1.30. The number of carbonyl (C=O) groups excluding carboxylic acids is 2. The number of benzene rings is 1. The monoisotopic (exact) mass is 380 g/mol. The van der Waals surface area contributed by atoms with Crippen LogP contribution in [0.5, 0.6) is 0 Å². The van der Waals surface area contributed by atoms with Crippen LogP contribution >= 0.6 is 12.4 Å². The van der Waals surface area contributed by atoms with Gasteiger partial charge in [0, 0.05) is 30.4 Å². The van der Waals surface area contributed by atoms with Crippen molar-refractivity contribution in [1.29, 1.82) is 0 Å². The van der Waals surface area contributed by atoms with Crippen LogP contribution in [0.4, 0.5) is 10.5 Å². The number of halogens is 1. The zero-order chi connectivity index (χ0) is 17.6. The van der Waals surface area contributed by atoms with Crippen molar-refractivity contribution >= 4 is 30.0 Å². The predicted molar refractivity (Wildman–Crippen MR) is 106 cm³/mol. The Balaban J connectivity index is 0.00000243. The molecule has 1 aromatic carbocycles. The number of nitrogens with zero attached hydrogens (tertiary/aromatic N) is 1. The van der Waals surface area contributed by atoms with E-state index >= 15 is 0 Å². The molecule has 0 bridgehead atoms. The van der Waals surface area contributed by atoms with Crippen molar-refractivity contribution in [1.82, 2.24) is 15.5 Å². The first-order chi connectivity index (χ1) is 12.2. The third-order valence-corrected chi connectivity index (χ3v) is 4.98. The van der Waals surface area contributed by atoms with Crippen LogP contribution in [0.1, 0.15) is 42.5 Å². The minimum atomic E-state index is -0.197. The molecule has 3 amide bonds. The second-order valence-corrected chi connectivity index (χ2v) is 7.08. The molecule has 1 heterocycles. The Morgan fingerprint density at radius 2 is 1.88 bits per heavy atom. The lowest BCUT2D eigenvalue weighted by molar-refractivity contribution is 0.0687. The number of hydrogen-bond acceptors (Lipinski definition) is 3. The summed E-state index contributed by atoms with van der Waals surface area (Å²) in [6.07, 6.45) is 5.41. The Kier molecular flexibility index (Phi) is 7.72. The maximum absolute atomic E-state index is 12.7. The molecule has 0 radical (unpaired) electrons. The van der Waals surface area contributed by atoms with E-state index in [1.807, 2.05) is 30.1 Å². The standard InChI is InChI=1S/C19H28N4O2.ClH/c1-20-10-7-14-8-11-23(12-9-14)18(24)15-3-2-4-17(13-15)22-19(25)21-16-5-6-16;/h2-4,13-14,16,20H,5-12H2,1H3,(H2,21,22,25);1H. The quantitative estimate of drug-likeness (QED) is 0.710. The number of carbonyl (C=O) groups is 2. The molecule has 1 aromatic rings. The fourth-order valence-corrected chi connectivity index (χ4v) is 3.27. The average Bonchev–Trinajstić information content (AvgIpc) is 3.44. The summed E-state index contributed by atoms with van der Waals surface area (Å²) in [7, 11) is 1.98. The molecule has 0 unspecified atom stereocenters. The largest absolute Gasteiger partial charge is 0.339 e. The number of hydrogen-bond donors (Lipinski definition) is 3. The fraction of sp³-hybridized carbons (Fsp3) is 0.579. The van der Waals surface area contributed by atoms with E-state index in [2.05, 4.69) is 16.0 Å². The molecule has 0 atom stereocenters. The molecular formula is C19H29ClN4O2. The van der Waals surface area contributed by atoms with Crippen LogP contribution in [0.25, 0.3) is 0 Å². The van der Waals surface area contributed by atoms with E-state index in [-0.39, 0.29) is 24.3 Å². The van der Waals surface area contributed by atoms with E-state index in [1.165, 1.54) is 6.42 Å². The van der Waals surface area contributed by atoms with Crippen molar-refractivity contribution in [3.63, 3.8) is 0 Å². The van der Waals surface area contributed by atoms with Gasteiger partial charge in [-0.1, -0.05) is 6.07 Å². The highest BCUT2D eigenvalue weighted by molar-refractivity contribution is 5.97. The summed E-state index contributed by atoms with van der Waals surface area (Å²) in [4.78, 5) is 26.5. The summed E-state index contributed by atoms with van der Waals surface area (Å²) in [6.45, 7) is 2.66. The van der Waals surface area contributed by atoms with E-state index in [0.29, 0.717) is 23.2 Å². The smallest absolute Gasteiger partial charge is 0.319 e. The maximum Gasteiger partial charge on any atom is 0.319 e. The van der Waals surface area contributed by atoms with Crippen molar-refractivity contribution in [2.45, 2.75) is 38.1 Å². The fourth-order valence-electron chi connectivity index (χ4n) is 3.27. The molecule has 7 heteroatoms. The normalized spacial score (nSPS) is 17.3. The molecule has 144 valence electrons. The molecule has 1 aliphatic heterocycles. The van der Waals surface area contributed by atoms with Gasteiger partial charge in [0.25, 0.3) is 5.91 Å². The number of nitrogens with one attached hydrogen (secondary N) is 3. The number of urea groups is 1. The minimum absolute atomic E-state index is 0. The Morgan fingerprint density at radius 1 is 1.15 bits per heavy atom. The minimum Gasteiger partial charge on any atom is -0.339 e. The molecule has 2 fully saturated rings. The Hall–Kier alpha value is -1.79. The molecular weight excluding hydrogens is 352 g/mol. The van der Waals surface area contributed by atoms with Crippen molar-refractivity contribution < 1.29 is 9.59 Å². The zero-order valence-corrected chi connectivity index (χ0v) is 16.1. The van der Waals surface area contributed by atoms with Crippen LogP contribution in [0.3, 0.4) is 0 Å². The molecule has 0 spiro atoms. The van der Waals surface area contributed by atoms with Gasteiger partial charge in [-0.3, -0.25) is 4.79 Å². The SMILES string of the molecule is CNCCC1CCN(C(=O)c2cccc(NC(=O)NC3CC3)c2)CC1.Cl. The summed E-state index contributed by atoms with van der Waals surface area (Å²) in [5.74, 6) is 0.758. The van der Waals surface area contributed by atoms with Gasteiger partial charge in [-0.2, -0.15) is 0 Å². The lowest BCUT2D eigenvalue weighted by atomic mass is 9.93. The first kappa shape index (κ1) is 20.5. The highest BCUT2D eigenvalue weighted by Crippen LogP contribution is 2.22. The molecule has 3 rings (SSSR count). The van der Waals surface area contributed by atoms with E-state index in [4.69, 9.17) is 0 Å². The highest BCUT2D eigenvalue weighted by Gasteiger charge is 2.24. The number of anilines is 1. The molecule has 1 saturated heterocycles. The van der Waals surface area contributed by atoms with Gasteiger partial charge in [0.05, 0.1) is 0 Å². The van der Waals surface area contributed by atoms with Crippen LogP contribution in [0.2, 0.25) is 0 Å².